The summed E-state index contributed by atoms with van der Waals surface area (Å²) in [5.74, 6) is 5.89. The van der Waals surface area contributed by atoms with Crippen LogP contribution in [0.4, 0.5) is 5.95 Å². The molecule has 1 heterocycles. The van der Waals surface area contributed by atoms with Gasteiger partial charge in [0.05, 0.1) is 5.52 Å². The number of rotatable bonds is 3. The van der Waals surface area contributed by atoms with Gasteiger partial charge < -0.3 is 0 Å². The molecule has 0 aliphatic heterocycles. The highest BCUT2D eigenvalue weighted by atomic mass is 32.2. The van der Waals surface area contributed by atoms with Gasteiger partial charge in [-0.1, -0.05) is 36.0 Å². The summed E-state index contributed by atoms with van der Waals surface area (Å²) < 4.78 is 0. The van der Waals surface area contributed by atoms with Crippen molar-refractivity contribution in [2.45, 2.75) is 23.8 Å². The molecule has 3 rings (SSSR count). The number of hydrazine groups is 1. The van der Waals surface area contributed by atoms with Gasteiger partial charge in [-0.2, -0.15) is 0 Å². The quantitative estimate of drug-likeness (QED) is 0.438. The van der Waals surface area contributed by atoms with Crippen LogP contribution < -0.4 is 11.3 Å². The molecule has 2 aromatic carbocycles. The predicted octanol–water partition coefficient (Wildman–Crippen LogP) is 3.68. The molecule has 0 fully saturated rings. The van der Waals surface area contributed by atoms with Gasteiger partial charge in [0.2, 0.25) is 5.95 Å². The second-order valence-electron chi connectivity index (χ2n) is 4.86. The van der Waals surface area contributed by atoms with Crippen LogP contribution in [0.5, 0.6) is 0 Å². The molecule has 0 spiro atoms. The number of fused-ring (bicyclic) bond motifs is 1. The van der Waals surface area contributed by atoms with Crippen molar-refractivity contribution in [3.63, 3.8) is 0 Å². The lowest BCUT2D eigenvalue weighted by Crippen LogP contribution is -2.10. The Hall–Kier alpha value is -2.11. The van der Waals surface area contributed by atoms with E-state index in [-0.39, 0.29) is 0 Å². The third kappa shape index (κ3) is 2.84. The Morgan fingerprint density at radius 2 is 1.81 bits per heavy atom. The number of benzene rings is 2. The molecule has 3 aromatic rings. The van der Waals surface area contributed by atoms with Gasteiger partial charge in [-0.15, -0.1) is 0 Å². The number of para-hydroxylation sites is 1. The number of anilines is 1. The first-order valence-corrected chi connectivity index (χ1v) is 7.47. The van der Waals surface area contributed by atoms with E-state index >= 15 is 0 Å². The zero-order valence-corrected chi connectivity index (χ0v) is 12.7. The second kappa shape index (κ2) is 5.71. The van der Waals surface area contributed by atoms with Crippen molar-refractivity contribution in [2.24, 2.45) is 5.84 Å². The molecule has 3 N–H and O–H groups in total. The average molecular weight is 296 g/mol. The number of aromatic nitrogens is 2. The maximum Gasteiger partial charge on any atom is 0.238 e. The molecule has 0 aliphatic carbocycles. The van der Waals surface area contributed by atoms with Gasteiger partial charge in [0.1, 0.15) is 5.03 Å². The van der Waals surface area contributed by atoms with Crippen LogP contribution >= 0.6 is 11.8 Å². The molecule has 106 valence electrons. The summed E-state index contributed by atoms with van der Waals surface area (Å²) in [6, 6.07) is 14.3. The van der Waals surface area contributed by atoms with E-state index in [0.717, 1.165) is 20.8 Å². The van der Waals surface area contributed by atoms with Gasteiger partial charge in [0.25, 0.3) is 0 Å². The summed E-state index contributed by atoms with van der Waals surface area (Å²) in [6.07, 6.45) is 0. The summed E-state index contributed by atoms with van der Waals surface area (Å²) in [5.41, 5.74) is 5.97. The maximum absolute atomic E-state index is 5.46. The van der Waals surface area contributed by atoms with E-state index in [1.807, 2.05) is 24.3 Å². The Balaban J connectivity index is 2.08. The van der Waals surface area contributed by atoms with Gasteiger partial charge in [-0.05, 0) is 43.2 Å². The van der Waals surface area contributed by atoms with Crippen LogP contribution in [0, 0.1) is 13.8 Å². The largest absolute Gasteiger partial charge is 0.292 e. The van der Waals surface area contributed by atoms with E-state index in [4.69, 9.17) is 5.84 Å². The zero-order valence-electron chi connectivity index (χ0n) is 11.9. The predicted molar refractivity (Wildman–Crippen MR) is 87.4 cm³/mol. The van der Waals surface area contributed by atoms with Crippen molar-refractivity contribution >= 4 is 28.6 Å². The minimum atomic E-state index is 0.431. The fourth-order valence-corrected chi connectivity index (χ4v) is 3.09. The van der Waals surface area contributed by atoms with Crippen LogP contribution in [0.3, 0.4) is 0 Å². The average Bonchev–Trinajstić information content (AvgIpc) is 2.51. The van der Waals surface area contributed by atoms with Gasteiger partial charge in [-0.3, -0.25) is 5.43 Å². The topological polar surface area (TPSA) is 63.8 Å². The van der Waals surface area contributed by atoms with Crippen LogP contribution in [-0.2, 0) is 0 Å². The first-order chi connectivity index (χ1) is 10.2. The van der Waals surface area contributed by atoms with Gasteiger partial charge in [0.15, 0.2) is 0 Å². The molecule has 0 atom stereocenters. The number of hydrogen-bond donors (Lipinski definition) is 2. The first kappa shape index (κ1) is 13.9. The van der Waals surface area contributed by atoms with E-state index in [9.17, 15) is 0 Å². The van der Waals surface area contributed by atoms with E-state index in [2.05, 4.69) is 47.4 Å². The molecule has 0 unspecified atom stereocenters. The Bertz CT molecular complexity index is 801. The number of nitrogens with two attached hydrogens (primary N) is 1. The molecule has 5 heteroatoms. The van der Waals surface area contributed by atoms with E-state index < -0.39 is 0 Å². The number of nitrogens with zero attached hydrogens (tertiary/aromatic N) is 2. The van der Waals surface area contributed by atoms with Crippen molar-refractivity contribution in [1.82, 2.24) is 9.97 Å². The van der Waals surface area contributed by atoms with Gasteiger partial charge in [-0.25, -0.2) is 15.8 Å². The summed E-state index contributed by atoms with van der Waals surface area (Å²) in [6.45, 7) is 4.23. The van der Waals surface area contributed by atoms with Crippen LogP contribution in [0.15, 0.2) is 52.4 Å². The number of aryl methyl sites for hydroxylation is 2. The molecular formula is C16H16N4S. The van der Waals surface area contributed by atoms with Crippen LogP contribution in [0.1, 0.15) is 11.1 Å². The standard InChI is InChI=1S/C16H16N4S/c1-10-7-8-12(9-11(10)2)21-15-13-5-3-4-6-14(13)18-16(19-15)20-17/h3-9H,17H2,1-2H3,(H,18,19,20). The fourth-order valence-electron chi connectivity index (χ4n) is 2.08. The summed E-state index contributed by atoms with van der Waals surface area (Å²) >= 11 is 1.62. The van der Waals surface area contributed by atoms with Crippen LogP contribution in [0.2, 0.25) is 0 Å². The highest BCUT2D eigenvalue weighted by Gasteiger charge is 2.09. The van der Waals surface area contributed by atoms with Gasteiger partial charge >= 0.3 is 0 Å². The molecule has 0 saturated carbocycles. The monoisotopic (exact) mass is 296 g/mol. The van der Waals surface area contributed by atoms with Crippen molar-refractivity contribution in [3.05, 3.63) is 53.6 Å². The number of hydrogen-bond acceptors (Lipinski definition) is 5. The smallest absolute Gasteiger partial charge is 0.238 e. The molecule has 0 bridgehead atoms. The third-order valence-corrected chi connectivity index (χ3v) is 4.38. The Labute approximate surface area is 127 Å². The molecule has 0 radical (unpaired) electrons. The molecule has 1 aromatic heterocycles. The van der Waals surface area contributed by atoms with Crippen molar-refractivity contribution < 1.29 is 0 Å². The Kier molecular flexibility index (Phi) is 3.77. The third-order valence-electron chi connectivity index (χ3n) is 3.39. The molecule has 0 saturated heterocycles. The number of nitrogens with one attached hydrogen (secondary N) is 1. The Morgan fingerprint density at radius 1 is 1.00 bits per heavy atom. The molecule has 4 nitrogen and oxygen atoms in total. The summed E-state index contributed by atoms with van der Waals surface area (Å²) in [7, 11) is 0. The zero-order chi connectivity index (χ0) is 14.8. The Morgan fingerprint density at radius 3 is 2.57 bits per heavy atom. The SMILES string of the molecule is Cc1ccc(Sc2nc(NN)nc3ccccc23)cc1C. The maximum atomic E-state index is 5.46. The first-order valence-electron chi connectivity index (χ1n) is 6.66. The lowest BCUT2D eigenvalue weighted by atomic mass is 10.1. The highest BCUT2D eigenvalue weighted by Crippen LogP contribution is 2.33. The van der Waals surface area contributed by atoms with Crippen LogP contribution in [-0.4, -0.2) is 9.97 Å². The van der Waals surface area contributed by atoms with E-state index in [1.54, 1.807) is 11.8 Å². The number of nitrogen functional groups attached to an aromatic ring is 1. The minimum absolute atomic E-state index is 0.431. The van der Waals surface area contributed by atoms with Crippen molar-refractivity contribution in [1.29, 1.82) is 0 Å². The van der Waals surface area contributed by atoms with Crippen molar-refractivity contribution in [3.8, 4) is 0 Å². The minimum Gasteiger partial charge on any atom is -0.292 e. The molecule has 0 amide bonds. The van der Waals surface area contributed by atoms with E-state index in [1.165, 1.54) is 11.1 Å². The van der Waals surface area contributed by atoms with Crippen molar-refractivity contribution in [2.75, 3.05) is 5.43 Å². The van der Waals surface area contributed by atoms with Crippen LogP contribution in [0.25, 0.3) is 10.9 Å². The second-order valence-corrected chi connectivity index (χ2v) is 5.92. The summed E-state index contributed by atoms with van der Waals surface area (Å²) in [4.78, 5) is 10.0. The fraction of sp³-hybridized carbons (Fsp3) is 0.125. The summed E-state index contributed by atoms with van der Waals surface area (Å²) in [5, 5.41) is 1.93. The normalized spacial score (nSPS) is 10.8. The molecule has 21 heavy (non-hydrogen) atoms. The lowest BCUT2D eigenvalue weighted by Gasteiger charge is -2.09. The van der Waals surface area contributed by atoms with E-state index in [0.29, 0.717) is 5.95 Å². The molecule has 0 aliphatic rings. The highest BCUT2D eigenvalue weighted by molar-refractivity contribution is 7.99. The lowest BCUT2D eigenvalue weighted by molar-refractivity contribution is 1.07. The van der Waals surface area contributed by atoms with Gasteiger partial charge in [0, 0.05) is 10.3 Å². The molecular weight excluding hydrogens is 280 g/mol.